The third kappa shape index (κ3) is 4.57. The van der Waals surface area contributed by atoms with E-state index in [1.807, 2.05) is 29.0 Å². The van der Waals surface area contributed by atoms with Crippen LogP contribution in [0.25, 0.3) is 10.9 Å². The molecule has 0 saturated carbocycles. The number of amides is 1. The minimum absolute atomic E-state index is 0.0320. The SMILES string of the molecule is O=C(Cn1ccc2cc(S(=O)(=O)N3CCCCCC3)ccc21)NC1CCCc2ccccc21. The van der Waals surface area contributed by atoms with Gasteiger partial charge in [-0.05, 0) is 67.5 Å². The Kier molecular flexibility index (Phi) is 6.25. The Hall–Kier alpha value is -2.64. The first-order chi connectivity index (χ1) is 16.0. The van der Waals surface area contributed by atoms with Crippen LogP contribution >= 0.6 is 0 Å². The highest BCUT2D eigenvalue weighted by Gasteiger charge is 2.26. The van der Waals surface area contributed by atoms with E-state index in [1.54, 1.807) is 16.4 Å². The number of fused-ring (bicyclic) bond motifs is 2. The average molecular weight is 466 g/mol. The van der Waals surface area contributed by atoms with Crippen LogP contribution in [0.1, 0.15) is 55.7 Å². The van der Waals surface area contributed by atoms with Gasteiger partial charge in [0.1, 0.15) is 6.54 Å². The Morgan fingerprint density at radius 1 is 0.970 bits per heavy atom. The zero-order valence-corrected chi connectivity index (χ0v) is 19.7. The zero-order valence-electron chi connectivity index (χ0n) is 18.9. The Morgan fingerprint density at radius 2 is 1.76 bits per heavy atom. The van der Waals surface area contributed by atoms with E-state index in [-0.39, 0.29) is 18.5 Å². The van der Waals surface area contributed by atoms with Gasteiger partial charge in [-0.1, -0.05) is 37.1 Å². The minimum atomic E-state index is -3.49. The van der Waals surface area contributed by atoms with E-state index in [9.17, 15) is 13.2 Å². The van der Waals surface area contributed by atoms with Crippen molar-refractivity contribution in [1.82, 2.24) is 14.2 Å². The van der Waals surface area contributed by atoms with Crippen LogP contribution in [0.4, 0.5) is 0 Å². The van der Waals surface area contributed by atoms with E-state index < -0.39 is 10.0 Å². The number of nitrogens with one attached hydrogen (secondary N) is 1. The van der Waals surface area contributed by atoms with E-state index in [2.05, 4.69) is 23.5 Å². The van der Waals surface area contributed by atoms with Gasteiger partial charge in [-0.25, -0.2) is 8.42 Å². The zero-order chi connectivity index (χ0) is 22.8. The molecular weight excluding hydrogens is 434 g/mol. The fourth-order valence-electron chi connectivity index (χ4n) is 5.21. The molecule has 1 unspecified atom stereocenters. The molecule has 2 heterocycles. The number of carbonyl (C=O) groups excluding carboxylic acids is 1. The molecule has 1 N–H and O–H groups in total. The molecule has 1 atom stereocenters. The lowest BCUT2D eigenvalue weighted by molar-refractivity contribution is -0.122. The first-order valence-corrected chi connectivity index (χ1v) is 13.4. The normalized spacial score (nSPS) is 19.7. The van der Waals surface area contributed by atoms with Gasteiger partial charge >= 0.3 is 0 Å². The number of sulfonamides is 1. The lowest BCUT2D eigenvalue weighted by Crippen LogP contribution is -2.33. The van der Waals surface area contributed by atoms with Crippen molar-refractivity contribution in [2.45, 2.75) is 62.4 Å². The highest BCUT2D eigenvalue weighted by atomic mass is 32.2. The van der Waals surface area contributed by atoms with Crippen LogP contribution in [-0.4, -0.2) is 36.3 Å². The number of carbonyl (C=O) groups is 1. The second-order valence-corrected chi connectivity index (χ2v) is 11.1. The topological polar surface area (TPSA) is 71.4 Å². The van der Waals surface area contributed by atoms with Gasteiger partial charge in [0.05, 0.1) is 10.9 Å². The molecule has 1 aliphatic heterocycles. The Morgan fingerprint density at radius 3 is 2.58 bits per heavy atom. The summed E-state index contributed by atoms with van der Waals surface area (Å²) in [6.07, 6.45) is 8.95. The number of hydrogen-bond donors (Lipinski definition) is 1. The first-order valence-electron chi connectivity index (χ1n) is 12.0. The molecule has 6 nitrogen and oxygen atoms in total. The lowest BCUT2D eigenvalue weighted by atomic mass is 9.88. The lowest BCUT2D eigenvalue weighted by Gasteiger charge is -2.26. The van der Waals surface area contributed by atoms with Gasteiger partial charge in [0.15, 0.2) is 0 Å². The van der Waals surface area contributed by atoms with Crippen LogP contribution in [0.5, 0.6) is 0 Å². The number of nitrogens with zero attached hydrogens (tertiary/aromatic N) is 2. The number of aromatic nitrogens is 1. The van der Waals surface area contributed by atoms with Gasteiger partial charge in [0.2, 0.25) is 15.9 Å². The highest BCUT2D eigenvalue weighted by Crippen LogP contribution is 2.30. The van der Waals surface area contributed by atoms with Gasteiger partial charge in [-0.15, -0.1) is 0 Å². The van der Waals surface area contributed by atoms with E-state index in [0.717, 1.165) is 55.8 Å². The van der Waals surface area contributed by atoms with Crippen molar-refractivity contribution >= 4 is 26.8 Å². The summed E-state index contributed by atoms with van der Waals surface area (Å²) in [5.41, 5.74) is 3.40. The molecule has 0 spiro atoms. The van der Waals surface area contributed by atoms with Crippen molar-refractivity contribution in [3.8, 4) is 0 Å². The van der Waals surface area contributed by atoms with Crippen molar-refractivity contribution in [2.75, 3.05) is 13.1 Å². The Bertz CT molecular complexity index is 1260. The molecule has 1 aliphatic carbocycles. The summed E-state index contributed by atoms with van der Waals surface area (Å²) >= 11 is 0. The van der Waals surface area contributed by atoms with E-state index in [4.69, 9.17) is 0 Å². The number of hydrogen-bond acceptors (Lipinski definition) is 3. The fraction of sp³-hybridized carbons (Fsp3) is 0.423. The van der Waals surface area contributed by atoms with Crippen LogP contribution in [0.2, 0.25) is 0 Å². The van der Waals surface area contributed by atoms with Crippen LogP contribution in [-0.2, 0) is 27.8 Å². The molecule has 174 valence electrons. The first kappa shape index (κ1) is 22.2. The molecular formula is C26H31N3O3S. The smallest absolute Gasteiger partial charge is 0.243 e. The standard InChI is InChI=1S/C26H31N3O3S/c30-26(27-24-11-7-9-20-8-3-4-10-23(20)24)19-28-17-14-21-18-22(12-13-25(21)28)33(31,32)29-15-5-1-2-6-16-29/h3-4,8,10,12-14,17-18,24H,1-2,5-7,9,11,15-16,19H2,(H,27,30). The summed E-state index contributed by atoms with van der Waals surface area (Å²) < 4.78 is 29.8. The van der Waals surface area contributed by atoms with E-state index in [0.29, 0.717) is 18.0 Å². The van der Waals surface area contributed by atoms with Gasteiger partial charge in [0, 0.05) is 30.2 Å². The predicted molar refractivity (Wildman–Crippen MR) is 129 cm³/mol. The molecule has 2 aliphatic rings. The molecule has 7 heteroatoms. The third-order valence-corrected chi connectivity index (χ3v) is 8.86. The molecule has 1 fully saturated rings. The molecule has 0 bridgehead atoms. The molecule has 33 heavy (non-hydrogen) atoms. The van der Waals surface area contributed by atoms with Crippen LogP contribution < -0.4 is 5.32 Å². The minimum Gasteiger partial charge on any atom is -0.348 e. The van der Waals surface area contributed by atoms with E-state index >= 15 is 0 Å². The van der Waals surface area contributed by atoms with Crippen molar-refractivity contribution in [2.24, 2.45) is 0 Å². The van der Waals surface area contributed by atoms with Crippen molar-refractivity contribution in [3.63, 3.8) is 0 Å². The summed E-state index contributed by atoms with van der Waals surface area (Å²) in [6, 6.07) is 15.5. The number of aryl methyl sites for hydroxylation is 1. The summed E-state index contributed by atoms with van der Waals surface area (Å²) in [6.45, 7) is 1.39. The van der Waals surface area contributed by atoms with Gasteiger partial charge < -0.3 is 9.88 Å². The Labute approximate surface area is 195 Å². The van der Waals surface area contributed by atoms with Crippen molar-refractivity contribution in [3.05, 3.63) is 65.9 Å². The largest absolute Gasteiger partial charge is 0.348 e. The van der Waals surface area contributed by atoms with Crippen LogP contribution in [0.15, 0.2) is 59.6 Å². The second kappa shape index (κ2) is 9.31. The average Bonchev–Trinajstić information content (AvgIpc) is 3.02. The quantitative estimate of drug-likeness (QED) is 0.607. The Balaban J connectivity index is 1.32. The molecule has 0 radical (unpaired) electrons. The molecule has 2 aromatic carbocycles. The van der Waals surface area contributed by atoms with Crippen molar-refractivity contribution < 1.29 is 13.2 Å². The molecule has 5 rings (SSSR count). The van der Waals surface area contributed by atoms with Crippen LogP contribution in [0.3, 0.4) is 0 Å². The van der Waals surface area contributed by atoms with Gasteiger partial charge in [-0.3, -0.25) is 4.79 Å². The van der Waals surface area contributed by atoms with Crippen LogP contribution in [0, 0.1) is 0 Å². The maximum atomic E-state index is 13.1. The molecule has 3 aromatic rings. The third-order valence-electron chi connectivity index (χ3n) is 6.96. The van der Waals surface area contributed by atoms with Gasteiger partial charge in [0.25, 0.3) is 0 Å². The number of rotatable bonds is 5. The maximum absolute atomic E-state index is 13.1. The molecule has 1 amide bonds. The second-order valence-electron chi connectivity index (χ2n) is 9.19. The number of benzene rings is 2. The monoisotopic (exact) mass is 465 g/mol. The summed E-state index contributed by atoms with van der Waals surface area (Å²) in [5.74, 6) is -0.0320. The van der Waals surface area contributed by atoms with Gasteiger partial charge in [-0.2, -0.15) is 4.31 Å². The summed E-state index contributed by atoms with van der Waals surface area (Å²) in [7, 11) is -3.49. The maximum Gasteiger partial charge on any atom is 0.243 e. The van der Waals surface area contributed by atoms with Crippen molar-refractivity contribution in [1.29, 1.82) is 0 Å². The highest BCUT2D eigenvalue weighted by molar-refractivity contribution is 7.89. The fourth-order valence-corrected chi connectivity index (χ4v) is 6.76. The summed E-state index contributed by atoms with van der Waals surface area (Å²) in [4.78, 5) is 13.2. The van der Waals surface area contributed by atoms with E-state index in [1.165, 1.54) is 11.1 Å². The predicted octanol–water partition coefficient (Wildman–Crippen LogP) is 4.40. The summed E-state index contributed by atoms with van der Waals surface area (Å²) in [5, 5.41) is 4.04. The molecule has 1 saturated heterocycles. The molecule has 1 aromatic heterocycles.